The topological polar surface area (TPSA) is 84.1 Å². The van der Waals surface area contributed by atoms with E-state index in [-0.39, 0.29) is 12.5 Å². The summed E-state index contributed by atoms with van der Waals surface area (Å²) in [6, 6.07) is 0. The van der Waals surface area contributed by atoms with E-state index in [9.17, 15) is 4.79 Å². The van der Waals surface area contributed by atoms with Crippen molar-refractivity contribution in [2.45, 2.75) is 0 Å². The van der Waals surface area contributed by atoms with E-state index in [2.05, 4.69) is 31.2 Å². The number of likely N-dealkylation sites (N-methyl/N-ethyl adjacent to an activating group) is 1. The summed E-state index contributed by atoms with van der Waals surface area (Å²) in [5.74, 6) is 0.807. The van der Waals surface area contributed by atoms with Gasteiger partial charge >= 0.3 is 0 Å². The molecule has 0 saturated heterocycles. The molecule has 7 heteroatoms. The van der Waals surface area contributed by atoms with Crippen LogP contribution in [0.4, 0.5) is 11.6 Å². The summed E-state index contributed by atoms with van der Waals surface area (Å²) in [4.78, 5) is 20.5. The number of carbonyl (C=O) groups excluding carboxylic acids is 1. The van der Waals surface area contributed by atoms with Crippen LogP contribution in [-0.2, 0) is 4.79 Å². The fourth-order valence-corrected chi connectivity index (χ4v) is 1.17. The zero-order valence-electron chi connectivity index (χ0n) is 8.49. The Hall–Kier alpha value is -1.37. The third-order valence-corrected chi connectivity index (χ3v) is 2.50. The van der Waals surface area contributed by atoms with Crippen LogP contribution in [0.25, 0.3) is 0 Å². The molecule has 1 heterocycles. The molecule has 0 unspecified atom stereocenters. The number of nitrogens with one attached hydrogen (secondary N) is 1. The Bertz CT molecular complexity index is 368. The highest BCUT2D eigenvalue weighted by atomic mass is 79.9. The zero-order chi connectivity index (χ0) is 11.4. The maximum absolute atomic E-state index is 11.3. The predicted molar refractivity (Wildman–Crippen MR) is 61.3 cm³/mol. The van der Waals surface area contributed by atoms with Crippen molar-refractivity contribution < 1.29 is 4.79 Å². The van der Waals surface area contributed by atoms with E-state index in [0.717, 1.165) is 0 Å². The van der Waals surface area contributed by atoms with Crippen molar-refractivity contribution in [2.75, 3.05) is 31.7 Å². The molecule has 0 atom stereocenters. The second-order valence-corrected chi connectivity index (χ2v) is 3.86. The van der Waals surface area contributed by atoms with Gasteiger partial charge in [0.15, 0.2) is 0 Å². The highest BCUT2D eigenvalue weighted by Gasteiger charge is 2.08. The predicted octanol–water partition coefficient (Wildman–Crippen LogP) is 0.321. The summed E-state index contributed by atoms with van der Waals surface area (Å²) in [6.45, 7) is 0.169. The van der Waals surface area contributed by atoms with Gasteiger partial charge in [0, 0.05) is 14.1 Å². The number of aromatic nitrogens is 2. The van der Waals surface area contributed by atoms with Gasteiger partial charge in [0.25, 0.3) is 0 Å². The van der Waals surface area contributed by atoms with Crippen molar-refractivity contribution in [3.63, 3.8) is 0 Å². The standard InChI is InChI=1S/C8H12BrN5O/c1-14(2)5(15)3-11-8-6(9)7(10)12-4-13-8/h4H,3H2,1-2H3,(H3,10,11,12,13). The number of rotatable bonds is 3. The molecule has 1 rings (SSSR count). The minimum absolute atomic E-state index is 0.0425. The average Bonchev–Trinajstić information content (AvgIpc) is 2.19. The number of halogens is 1. The van der Waals surface area contributed by atoms with Crippen LogP contribution >= 0.6 is 15.9 Å². The highest BCUT2D eigenvalue weighted by Crippen LogP contribution is 2.23. The zero-order valence-corrected chi connectivity index (χ0v) is 10.1. The van der Waals surface area contributed by atoms with Crippen LogP contribution < -0.4 is 11.1 Å². The van der Waals surface area contributed by atoms with Gasteiger partial charge in [0.1, 0.15) is 22.4 Å². The number of carbonyl (C=O) groups is 1. The van der Waals surface area contributed by atoms with Crippen LogP contribution in [-0.4, -0.2) is 41.4 Å². The van der Waals surface area contributed by atoms with Gasteiger partial charge in [-0.15, -0.1) is 0 Å². The summed E-state index contributed by atoms with van der Waals surface area (Å²) in [7, 11) is 3.38. The SMILES string of the molecule is CN(C)C(=O)CNc1ncnc(N)c1Br. The minimum atomic E-state index is -0.0425. The first-order chi connectivity index (χ1) is 7.02. The van der Waals surface area contributed by atoms with E-state index >= 15 is 0 Å². The molecular weight excluding hydrogens is 262 g/mol. The lowest BCUT2D eigenvalue weighted by Crippen LogP contribution is -2.29. The first-order valence-electron chi connectivity index (χ1n) is 4.22. The van der Waals surface area contributed by atoms with Gasteiger partial charge in [-0.25, -0.2) is 9.97 Å². The molecule has 0 saturated carbocycles. The molecule has 0 spiro atoms. The van der Waals surface area contributed by atoms with E-state index in [4.69, 9.17) is 5.73 Å². The summed E-state index contributed by atoms with van der Waals surface area (Å²) in [5, 5.41) is 2.87. The lowest BCUT2D eigenvalue weighted by molar-refractivity contribution is -0.126. The Morgan fingerprint density at radius 3 is 2.87 bits per heavy atom. The molecule has 6 nitrogen and oxygen atoms in total. The molecule has 0 radical (unpaired) electrons. The van der Waals surface area contributed by atoms with Gasteiger partial charge in [0.2, 0.25) is 5.91 Å². The third kappa shape index (κ3) is 3.05. The van der Waals surface area contributed by atoms with E-state index in [1.54, 1.807) is 14.1 Å². The molecule has 0 bridgehead atoms. The van der Waals surface area contributed by atoms with Crippen LogP contribution in [0.2, 0.25) is 0 Å². The van der Waals surface area contributed by atoms with E-state index in [0.29, 0.717) is 16.1 Å². The molecular formula is C8H12BrN5O. The van der Waals surface area contributed by atoms with Crippen molar-refractivity contribution in [2.24, 2.45) is 0 Å². The molecule has 0 aliphatic heterocycles. The molecule has 0 aliphatic rings. The smallest absolute Gasteiger partial charge is 0.241 e. The van der Waals surface area contributed by atoms with Crippen LogP contribution in [0.15, 0.2) is 10.8 Å². The fourth-order valence-electron chi connectivity index (χ4n) is 0.824. The lowest BCUT2D eigenvalue weighted by atomic mass is 10.5. The first kappa shape index (κ1) is 11.7. The van der Waals surface area contributed by atoms with Crippen LogP contribution in [0.5, 0.6) is 0 Å². The summed E-state index contributed by atoms with van der Waals surface area (Å²) in [5.41, 5.74) is 5.55. The van der Waals surface area contributed by atoms with Gasteiger partial charge in [-0.05, 0) is 15.9 Å². The number of nitrogens with zero attached hydrogens (tertiary/aromatic N) is 3. The van der Waals surface area contributed by atoms with Gasteiger partial charge < -0.3 is 16.0 Å². The Morgan fingerprint density at radius 2 is 2.27 bits per heavy atom. The number of anilines is 2. The average molecular weight is 274 g/mol. The molecule has 1 aromatic rings. The fraction of sp³-hybridized carbons (Fsp3) is 0.375. The molecule has 1 aromatic heterocycles. The molecule has 0 aliphatic carbocycles. The molecule has 82 valence electrons. The van der Waals surface area contributed by atoms with Crippen LogP contribution in [0, 0.1) is 0 Å². The first-order valence-corrected chi connectivity index (χ1v) is 5.01. The van der Waals surface area contributed by atoms with Crippen molar-refractivity contribution in [1.82, 2.24) is 14.9 Å². The molecule has 0 fully saturated rings. The lowest BCUT2D eigenvalue weighted by Gasteiger charge is -2.12. The Labute approximate surface area is 96.0 Å². The van der Waals surface area contributed by atoms with Crippen molar-refractivity contribution in [3.8, 4) is 0 Å². The van der Waals surface area contributed by atoms with Crippen LogP contribution in [0.1, 0.15) is 0 Å². The maximum Gasteiger partial charge on any atom is 0.241 e. The largest absolute Gasteiger partial charge is 0.383 e. The quantitative estimate of drug-likeness (QED) is 0.829. The normalized spacial score (nSPS) is 9.80. The van der Waals surface area contributed by atoms with E-state index in [1.165, 1.54) is 11.2 Å². The monoisotopic (exact) mass is 273 g/mol. The second kappa shape index (κ2) is 4.92. The third-order valence-electron chi connectivity index (χ3n) is 1.72. The Kier molecular flexibility index (Phi) is 3.84. The summed E-state index contributed by atoms with van der Waals surface area (Å²) < 4.78 is 0.566. The Morgan fingerprint density at radius 1 is 1.60 bits per heavy atom. The Balaban J connectivity index is 2.66. The molecule has 0 aromatic carbocycles. The van der Waals surface area contributed by atoms with Crippen LogP contribution in [0.3, 0.4) is 0 Å². The van der Waals surface area contributed by atoms with Crippen molar-refractivity contribution >= 4 is 33.5 Å². The maximum atomic E-state index is 11.3. The number of hydrogen-bond acceptors (Lipinski definition) is 5. The number of nitrogens with two attached hydrogens (primary N) is 1. The van der Waals surface area contributed by atoms with E-state index < -0.39 is 0 Å². The van der Waals surface area contributed by atoms with Crippen molar-refractivity contribution in [3.05, 3.63) is 10.8 Å². The van der Waals surface area contributed by atoms with Gasteiger partial charge in [-0.2, -0.15) is 0 Å². The second-order valence-electron chi connectivity index (χ2n) is 3.06. The van der Waals surface area contributed by atoms with Gasteiger partial charge in [-0.3, -0.25) is 4.79 Å². The minimum Gasteiger partial charge on any atom is -0.383 e. The van der Waals surface area contributed by atoms with Gasteiger partial charge in [0.05, 0.1) is 6.54 Å². The number of hydrogen-bond donors (Lipinski definition) is 2. The summed E-state index contributed by atoms with van der Waals surface area (Å²) >= 11 is 3.23. The molecule has 15 heavy (non-hydrogen) atoms. The molecule has 3 N–H and O–H groups in total. The highest BCUT2D eigenvalue weighted by molar-refractivity contribution is 9.10. The van der Waals surface area contributed by atoms with Gasteiger partial charge in [-0.1, -0.05) is 0 Å². The number of amides is 1. The van der Waals surface area contributed by atoms with Crippen molar-refractivity contribution in [1.29, 1.82) is 0 Å². The number of nitrogen functional groups attached to an aromatic ring is 1. The summed E-state index contributed by atoms with van der Waals surface area (Å²) in [6.07, 6.45) is 1.34. The molecule has 1 amide bonds. The van der Waals surface area contributed by atoms with E-state index in [1.807, 2.05) is 0 Å².